The van der Waals surface area contributed by atoms with Gasteiger partial charge in [0.15, 0.2) is 0 Å². The van der Waals surface area contributed by atoms with Crippen molar-refractivity contribution < 1.29 is 13.2 Å². The molecule has 0 radical (unpaired) electrons. The molecule has 0 saturated carbocycles. The molecule has 88 valence electrons. The number of hydrogen-bond acceptors (Lipinski definition) is 2. The van der Waals surface area contributed by atoms with E-state index in [1.54, 1.807) is 7.05 Å². The summed E-state index contributed by atoms with van der Waals surface area (Å²) in [5.41, 5.74) is 6.63. The standard InChI is InChI=1S/C11H13F3N2/c1-16-5-4-9(15)8-3-2-7(6-10(8)16)11(12,13)14/h2-3,6,9H,4-5,15H2,1H3. The van der Waals surface area contributed by atoms with E-state index < -0.39 is 11.7 Å². The second-order valence-electron chi connectivity index (χ2n) is 4.09. The van der Waals surface area contributed by atoms with Crippen LogP contribution in [0.2, 0.25) is 0 Å². The number of nitrogens with zero attached hydrogens (tertiary/aromatic N) is 1. The molecule has 0 bridgehead atoms. The summed E-state index contributed by atoms with van der Waals surface area (Å²) in [5.74, 6) is 0. The van der Waals surface area contributed by atoms with Crippen molar-refractivity contribution >= 4 is 5.69 Å². The molecule has 16 heavy (non-hydrogen) atoms. The first-order valence-corrected chi connectivity index (χ1v) is 5.07. The number of hydrogen-bond donors (Lipinski definition) is 1. The van der Waals surface area contributed by atoms with Gasteiger partial charge in [-0.15, -0.1) is 0 Å². The number of fused-ring (bicyclic) bond motifs is 1. The lowest BCUT2D eigenvalue weighted by Gasteiger charge is -2.31. The fraction of sp³-hybridized carbons (Fsp3) is 0.455. The van der Waals surface area contributed by atoms with Crippen molar-refractivity contribution in [2.45, 2.75) is 18.6 Å². The molecule has 2 nitrogen and oxygen atoms in total. The Morgan fingerprint density at radius 1 is 1.38 bits per heavy atom. The molecular weight excluding hydrogens is 217 g/mol. The van der Waals surface area contributed by atoms with Gasteiger partial charge in [0, 0.05) is 25.3 Å². The highest BCUT2D eigenvalue weighted by Crippen LogP contribution is 2.37. The van der Waals surface area contributed by atoms with Gasteiger partial charge in [-0.25, -0.2) is 0 Å². The lowest BCUT2D eigenvalue weighted by atomic mass is 9.96. The van der Waals surface area contributed by atoms with Crippen LogP contribution < -0.4 is 10.6 Å². The molecule has 1 aliphatic heterocycles. The van der Waals surface area contributed by atoms with Gasteiger partial charge in [0.1, 0.15) is 0 Å². The maximum atomic E-state index is 12.5. The molecule has 0 aromatic heterocycles. The van der Waals surface area contributed by atoms with E-state index in [4.69, 9.17) is 5.73 Å². The average molecular weight is 230 g/mol. The molecule has 5 heteroatoms. The van der Waals surface area contributed by atoms with Crippen molar-refractivity contribution in [2.24, 2.45) is 5.73 Å². The van der Waals surface area contributed by atoms with E-state index in [0.29, 0.717) is 12.2 Å². The molecule has 0 spiro atoms. The van der Waals surface area contributed by atoms with E-state index in [2.05, 4.69) is 0 Å². The SMILES string of the molecule is CN1CCC(N)c2ccc(C(F)(F)F)cc21. The zero-order valence-corrected chi connectivity index (χ0v) is 8.88. The maximum absolute atomic E-state index is 12.5. The molecule has 0 fully saturated rings. The van der Waals surface area contributed by atoms with Crippen LogP contribution in [0, 0.1) is 0 Å². The Morgan fingerprint density at radius 2 is 2.06 bits per heavy atom. The average Bonchev–Trinajstić information content (AvgIpc) is 2.22. The Bertz CT molecular complexity index is 401. The van der Waals surface area contributed by atoms with Gasteiger partial charge in [0.25, 0.3) is 0 Å². The Balaban J connectivity index is 2.48. The quantitative estimate of drug-likeness (QED) is 0.742. The summed E-state index contributed by atoms with van der Waals surface area (Å²) in [6, 6.07) is 3.60. The van der Waals surface area contributed by atoms with E-state index in [9.17, 15) is 13.2 Å². The lowest BCUT2D eigenvalue weighted by Crippen LogP contribution is -2.30. The van der Waals surface area contributed by atoms with E-state index in [1.807, 2.05) is 4.90 Å². The smallest absolute Gasteiger partial charge is 0.374 e. The van der Waals surface area contributed by atoms with Crippen molar-refractivity contribution in [3.8, 4) is 0 Å². The number of benzene rings is 1. The van der Waals surface area contributed by atoms with Gasteiger partial charge < -0.3 is 10.6 Å². The number of alkyl halides is 3. The minimum Gasteiger partial charge on any atom is -0.374 e. The Hall–Kier alpha value is -1.23. The van der Waals surface area contributed by atoms with Crippen LogP contribution >= 0.6 is 0 Å². The molecular formula is C11H13F3N2. The summed E-state index contributed by atoms with van der Waals surface area (Å²) in [5, 5.41) is 0. The highest BCUT2D eigenvalue weighted by molar-refractivity contribution is 5.58. The van der Waals surface area contributed by atoms with Crippen molar-refractivity contribution in [1.29, 1.82) is 0 Å². The zero-order chi connectivity index (χ0) is 11.9. The van der Waals surface area contributed by atoms with Crippen LogP contribution in [0.25, 0.3) is 0 Å². The molecule has 1 aromatic rings. The second-order valence-corrected chi connectivity index (χ2v) is 4.09. The number of anilines is 1. The van der Waals surface area contributed by atoms with Crippen LogP contribution in [0.1, 0.15) is 23.6 Å². The summed E-state index contributed by atoms with van der Waals surface area (Å²) in [6.45, 7) is 0.690. The lowest BCUT2D eigenvalue weighted by molar-refractivity contribution is -0.137. The van der Waals surface area contributed by atoms with Gasteiger partial charge in [0.2, 0.25) is 0 Å². The first kappa shape index (κ1) is 11.3. The van der Waals surface area contributed by atoms with Crippen molar-refractivity contribution in [2.75, 3.05) is 18.5 Å². The maximum Gasteiger partial charge on any atom is 0.416 e. The van der Waals surface area contributed by atoms with Crippen LogP contribution in [-0.2, 0) is 6.18 Å². The summed E-state index contributed by atoms with van der Waals surface area (Å²) >= 11 is 0. The molecule has 2 rings (SSSR count). The van der Waals surface area contributed by atoms with E-state index in [-0.39, 0.29) is 6.04 Å². The third-order valence-electron chi connectivity index (χ3n) is 2.94. The van der Waals surface area contributed by atoms with Crippen LogP contribution in [0.4, 0.5) is 18.9 Å². The minimum atomic E-state index is -4.29. The molecule has 1 aliphatic rings. The van der Waals surface area contributed by atoms with E-state index in [0.717, 1.165) is 18.1 Å². The third-order valence-corrected chi connectivity index (χ3v) is 2.94. The van der Waals surface area contributed by atoms with Gasteiger partial charge in [-0.2, -0.15) is 13.2 Å². The van der Waals surface area contributed by atoms with Gasteiger partial charge in [-0.05, 0) is 24.1 Å². The number of nitrogens with two attached hydrogens (primary N) is 1. The summed E-state index contributed by atoms with van der Waals surface area (Å²) in [7, 11) is 1.78. The zero-order valence-electron chi connectivity index (χ0n) is 8.88. The van der Waals surface area contributed by atoms with Gasteiger partial charge in [-0.3, -0.25) is 0 Å². The third kappa shape index (κ3) is 1.87. The summed E-state index contributed by atoms with van der Waals surface area (Å²) in [4.78, 5) is 1.81. The Labute approximate surface area is 91.8 Å². The topological polar surface area (TPSA) is 29.3 Å². The van der Waals surface area contributed by atoms with Crippen molar-refractivity contribution in [1.82, 2.24) is 0 Å². The fourth-order valence-electron chi connectivity index (χ4n) is 1.97. The fourth-order valence-corrected chi connectivity index (χ4v) is 1.97. The highest BCUT2D eigenvalue weighted by atomic mass is 19.4. The minimum absolute atomic E-state index is 0.159. The van der Waals surface area contributed by atoms with Crippen LogP contribution in [-0.4, -0.2) is 13.6 Å². The number of rotatable bonds is 0. The van der Waals surface area contributed by atoms with Crippen molar-refractivity contribution in [3.05, 3.63) is 29.3 Å². The Kier molecular flexibility index (Phi) is 2.58. The molecule has 1 aromatic carbocycles. The Morgan fingerprint density at radius 3 is 2.69 bits per heavy atom. The van der Waals surface area contributed by atoms with Crippen molar-refractivity contribution in [3.63, 3.8) is 0 Å². The molecule has 1 unspecified atom stereocenters. The molecule has 0 amide bonds. The van der Waals surface area contributed by atoms with Gasteiger partial charge >= 0.3 is 6.18 Å². The molecule has 0 aliphatic carbocycles. The molecule has 1 heterocycles. The highest BCUT2D eigenvalue weighted by Gasteiger charge is 2.32. The molecule has 2 N–H and O–H groups in total. The van der Waals surface area contributed by atoms with Crippen LogP contribution in [0.3, 0.4) is 0 Å². The first-order valence-electron chi connectivity index (χ1n) is 5.07. The predicted octanol–water partition coefficient (Wildman–Crippen LogP) is 2.55. The summed E-state index contributed by atoms with van der Waals surface area (Å²) < 4.78 is 37.6. The summed E-state index contributed by atoms with van der Waals surface area (Å²) in [6.07, 6.45) is -3.52. The van der Waals surface area contributed by atoms with E-state index in [1.165, 1.54) is 12.1 Å². The second kappa shape index (κ2) is 3.66. The predicted molar refractivity (Wildman–Crippen MR) is 56.3 cm³/mol. The molecule has 1 atom stereocenters. The molecule has 0 saturated heterocycles. The van der Waals surface area contributed by atoms with Gasteiger partial charge in [-0.1, -0.05) is 6.07 Å². The first-order chi connectivity index (χ1) is 7.39. The largest absolute Gasteiger partial charge is 0.416 e. The van der Waals surface area contributed by atoms with E-state index >= 15 is 0 Å². The van der Waals surface area contributed by atoms with Crippen LogP contribution in [0.15, 0.2) is 18.2 Å². The van der Waals surface area contributed by atoms with Crippen LogP contribution in [0.5, 0.6) is 0 Å². The van der Waals surface area contributed by atoms with Gasteiger partial charge in [0.05, 0.1) is 5.56 Å². The monoisotopic (exact) mass is 230 g/mol. The normalized spacial score (nSPS) is 20.8. The number of halogens is 3.